The maximum atomic E-state index is 13.1. The second kappa shape index (κ2) is 6.61. The smallest absolute Gasteiger partial charge is 0.321 e. The number of rotatable bonds is 2. The Bertz CT molecular complexity index is 808. The van der Waals surface area contributed by atoms with Gasteiger partial charge in [0.15, 0.2) is 0 Å². The Morgan fingerprint density at radius 2 is 1.73 bits per heavy atom. The van der Waals surface area contributed by atoms with Gasteiger partial charge in [0.05, 0.1) is 11.4 Å². The van der Waals surface area contributed by atoms with Crippen molar-refractivity contribution in [2.45, 2.75) is 12.8 Å². The number of hydrogen-bond donors (Lipinski definition) is 2. The Balaban J connectivity index is 1.45. The zero-order valence-corrected chi connectivity index (χ0v) is 14.5. The van der Waals surface area contributed by atoms with Crippen LogP contribution in [-0.4, -0.2) is 37.2 Å². The summed E-state index contributed by atoms with van der Waals surface area (Å²) in [7, 11) is 0. The van der Waals surface area contributed by atoms with E-state index < -0.39 is 0 Å². The molecule has 2 aromatic carbocycles. The van der Waals surface area contributed by atoms with E-state index in [-0.39, 0.29) is 17.3 Å². The summed E-state index contributed by atoms with van der Waals surface area (Å²) in [5.74, 6) is -0.280. The summed E-state index contributed by atoms with van der Waals surface area (Å²) in [6, 6.07) is 11.5. The molecule has 2 heterocycles. The first-order chi connectivity index (χ1) is 12.5. The zero-order chi connectivity index (χ0) is 18.1. The lowest BCUT2D eigenvalue weighted by atomic mass is 9.73. The molecular formula is C20H22FN3O2. The number of likely N-dealkylation sites (tertiary alicyclic amines) is 1. The van der Waals surface area contributed by atoms with E-state index in [4.69, 9.17) is 10.5 Å². The number of nitrogens with zero attached hydrogens (tertiary/aromatic N) is 1. The van der Waals surface area contributed by atoms with Crippen LogP contribution in [0.5, 0.6) is 0 Å². The molecule has 0 bridgehead atoms. The van der Waals surface area contributed by atoms with Gasteiger partial charge in [0, 0.05) is 31.7 Å². The molecule has 0 radical (unpaired) electrons. The summed E-state index contributed by atoms with van der Waals surface area (Å²) >= 11 is 0. The van der Waals surface area contributed by atoms with Gasteiger partial charge in [-0.15, -0.1) is 0 Å². The monoisotopic (exact) mass is 355 g/mol. The summed E-state index contributed by atoms with van der Waals surface area (Å²) in [4.78, 5) is 14.4. The van der Waals surface area contributed by atoms with E-state index in [1.165, 1.54) is 12.1 Å². The molecule has 6 heteroatoms. The van der Waals surface area contributed by atoms with Crippen LogP contribution in [0.15, 0.2) is 42.5 Å². The predicted molar refractivity (Wildman–Crippen MR) is 99.3 cm³/mol. The van der Waals surface area contributed by atoms with Gasteiger partial charge in [0.2, 0.25) is 0 Å². The minimum absolute atomic E-state index is 0.134. The van der Waals surface area contributed by atoms with Crippen LogP contribution < -0.4 is 11.1 Å². The molecule has 2 aliphatic heterocycles. The molecule has 2 fully saturated rings. The number of ether oxygens (including phenoxy) is 1. The number of amides is 2. The van der Waals surface area contributed by atoms with Crippen LogP contribution in [-0.2, 0) is 4.74 Å². The second-order valence-corrected chi connectivity index (χ2v) is 7.21. The number of anilines is 2. The zero-order valence-electron chi connectivity index (χ0n) is 14.5. The van der Waals surface area contributed by atoms with Crippen molar-refractivity contribution in [2.75, 3.05) is 37.4 Å². The molecular weight excluding hydrogens is 333 g/mol. The highest BCUT2D eigenvalue weighted by Crippen LogP contribution is 2.40. The van der Waals surface area contributed by atoms with Crippen LogP contribution in [0.25, 0.3) is 11.1 Å². The normalized spacial score (nSPS) is 18.4. The van der Waals surface area contributed by atoms with E-state index in [0.717, 1.165) is 50.3 Å². The van der Waals surface area contributed by atoms with Crippen LogP contribution >= 0.6 is 0 Å². The van der Waals surface area contributed by atoms with Gasteiger partial charge in [-0.25, -0.2) is 9.18 Å². The maximum Gasteiger partial charge on any atom is 0.321 e. The van der Waals surface area contributed by atoms with E-state index in [0.29, 0.717) is 11.4 Å². The molecule has 0 unspecified atom stereocenters. The molecule has 2 aliphatic rings. The Morgan fingerprint density at radius 3 is 2.42 bits per heavy atom. The number of halogens is 1. The van der Waals surface area contributed by atoms with Gasteiger partial charge >= 0.3 is 6.03 Å². The molecule has 1 spiro atoms. The van der Waals surface area contributed by atoms with Crippen molar-refractivity contribution in [3.8, 4) is 11.1 Å². The molecule has 3 N–H and O–H groups in total. The lowest BCUT2D eigenvalue weighted by Gasteiger charge is -2.51. The van der Waals surface area contributed by atoms with E-state index in [1.807, 2.05) is 17.0 Å². The van der Waals surface area contributed by atoms with Gasteiger partial charge in [0.25, 0.3) is 0 Å². The minimum Gasteiger partial charge on any atom is -0.397 e. The van der Waals surface area contributed by atoms with Crippen LogP contribution in [0.2, 0.25) is 0 Å². The quantitative estimate of drug-likeness (QED) is 0.807. The minimum atomic E-state index is -0.280. The van der Waals surface area contributed by atoms with Crippen molar-refractivity contribution in [3.05, 3.63) is 48.3 Å². The van der Waals surface area contributed by atoms with Gasteiger partial charge in [-0.1, -0.05) is 18.2 Å². The summed E-state index contributed by atoms with van der Waals surface area (Å²) in [6.45, 7) is 3.09. The highest BCUT2D eigenvalue weighted by molar-refractivity contribution is 5.94. The molecule has 26 heavy (non-hydrogen) atoms. The fourth-order valence-corrected chi connectivity index (χ4v) is 3.71. The first-order valence-corrected chi connectivity index (χ1v) is 8.84. The average molecular weight is 355 g/mol. The number of nitrogen functional groups attached to an aromatic ring is 1. The first kappa shape index (κ1) is 16.8. The van der Waals surface area contributed by atoms with E-state index in [1.54, 1.807) is 18.2 Å². The lowest BCUT2D eigenvalue weighted by molar-refractivity contribution is -0.0596. The Labute approximate surface area is 151 Å². The maximum absolute atomic E-state index is 13.1. The largest absolute Gasteiger partial charge is 0.397 e. The van der Waals surface area contributed by atoms with E-state index in [9.17, 15) is 9.18 Å². The molecule has 0 aromatic heterocycles. The van der Waals surface area contributed by atoms with Crippen LogP contribution in [0.3, 0.4) is 0 Å². The van der Waals surface area contributed by atoms with Gasteiger partial charge < -0.3 is 20.7 Å². The molecule has 5 nitrogen and oxygen atoms in total. The third-order valence-corrected chi connectivity index (χ3v) is 5.37. The van der Waals surface area contributed by atoms with Crippen molar-refractivity contribution < 1.29 is 13.9 Å². The summed E-state index contributed by atoms with van der Waals surface area (Å²) in [6.07, 6.45) is 2.03. The number of nitrogens with two attached hydrogens (primary N) is 1. The number of hydrogen-bond acceptors (Lipinski definition) is 3. The van der Waals surface area contributed by atoms with Gasteiger partial charge in [-0.05, 0) is 48.2 Å². The Hall–Kier alpha value is -2.60. The Morgan fingerprint density at radius 1 is 1.08 bits per heavy atom. The van der Waals surface area contributed by atoms with Crippen molar-refractivity contribution in [1.29, 1.82) is 0 Å². The molecule has 0 aliphatic carbocycles. The van der Waals surface area contributed by atoms with Crippen LogP contribution in [0.1, 0.15) is 12.8 Å². The molecule has 2 amide bonds. The molecule has 2 aromatic rings. The van der Waals surface area contributed by atoms with E-state index in [2.05, 4.69) is 5.32 Å². The molecule has 4 rings (SSSR count). The van der Waals surface area contributed by atoms with Crippen molar-refractivity contribution >= 4 is 17.4 Å². The van der Waals surface area contributed by atoms with Crippen molar-refractivity contribution in [1.82, 2.24) is 4.90 Å². The number of carbonyl (C=O) groups excluding carboxylic acids is 1. The fraction of sp³-hybridized carbons (Fsp3) is 0.350. The Kier molecular flexibility index (Phi) is 4.28. The van der Waals surface area contributed by atoms with Crippen molar-refractivity contribution in [3.63, 3.8) is 0 Å². The van der Waals surface area contributed by atoms with Crippen LogP contribution in [0, 0.1) is 11.2 Å². The summed E-state index contributed by atoms with van der Waals surface area (Å²) in [5.41, 5.74) is 9.08. The van der Waals surface area contributed by atoms with Gasteiger partial charge in [-0.2, -0.15) is 0 Å². The first-order valence-electron chi connectivity index (χ1n) is 8.84. The fourth-order valence-electron chi connectivity index (χ4n) is 3.71. The predicted octanol–water partition coefficient (Wildman–Crippen LogP) is 3.72. The summed E-state index contributed by atoms with van der Waals surface area (Å²) in [5, 5.41) is 2.91. The third-order valence-electron chi connectivity index (χ3n) is 5.37. The number of carbonyl (C=O) groups is 1. The SMILES string of the molecule is Nc1ccc(-c2ccc(F)cc2)cc1NC(=O)N1CC2(CCOCC2)C1. The summed E-state index contributed by atoms with van der Waals surface area (Å²) < 4.78 is 18.5. The standard InChI is InChI=1S/C20H22FN3O2/c21-16-4-1-14(2-5-16)15-3-6-17(22)18(11-15)23-19(25)24-12-20(13-24)7-9-26-10-8-20/h1-6,11H,7-10,12-13,22H2,(H,23,25). The number of benzene rings is 2. The van der Waals surface area contributed by atoms with E-state index >= 15 is 0 Å². The second-order valence-electron chi connectivity index (χ2n) is 7.21. The highest BCUT2D eigenvalue weighted by atomic mass is 19.1. The number of nitrogens with one attached hydrogen (secondary N) is 1. The molecule has 136 valence electrons. The van der Waals surface area contributed by atoms with Gasteiger partial charge in [0.1, 0.15) is 5.82 Å². The third kappa shape index (κ3) is 3.24. The topological polar surface area (TPSA) is 67.6 Å². The number of urea groups is 1. The molecule has 0 atom stereocenters. The molecule has 2 saturated heterocycles. The lowest BCUT2D eigenvalue weighted by Crippen LogP contribution is -2.61. The average Bonchev–Trinajstić information content (AvgIpc) is 2.63. The van der Waals surface area contributed by atoms with Gasteiger partial charge in [-0.3, -0.25) is 0 Å². The van der Waals surface area contributed by atoms with Crippen molar-refractivity contribution in [2.24, 2.45) is 5.41 Å². The highest BCUT2D eigenvalue weighted by Gasteiger charge is 2.45. The van der Waals surface area contributed by atoms with Crippen LogP contribution in [0.4, 0.5) is 20.6 Å². The molecule has 0 saturated carbocycles.